The summed E-state index contributed by atoms with van der Waals surface area (Å²) < 4.78 is 37.7. The quantitative estimate of drug-likeness (QED) is 0.815. The van der Waals surface area contributed by atoms with Crippen molar-refractivity contribution in [1.82, 2.24) is 4.90 Å². The van der Waals surface area contributed by atoms with E-state index in [9.17, 15) is 18.0 Å². The van der Waals surface area contributed by atoms with E-state index < -0.39 is 11.7 Å². The van der Waals surface area contributed by atoms with E-state index >= 15 is 0 Å². The molecule has 0 radical (unpaired) electrons. The Hall–Kier alpha value is -2.41. The average Bonchev–Trinajstić information content (AvgIpc) is 2.62. The zero-order chi connectivity index (χ0) is 18.7. The topological polar surface area (TPSA) is 35.6 Å². The highest BCUT2D eigenvalue weighted by Crippen LogP contribution is 2.30. The Morgan fingerprint density at radius 3 is 2.15 bits per heavy atom. The molecule has 26 heavy (non-hydrogen) atoms. The summed E-state index contributed by atoms with van der Waals surface area (Å²) in [5.41, 5.74) is 0.511. The molecule has 0 aromatic heterocycles. The Morgan fingerprint density at radius 2 is 1.58 bits per heavy atom. The molecule has 8 heteroatoms. The number of nitrogens with one attached hydrogen (secondary N) is 1. The molecule has 2 aromatic rings. The van der Waals surface area contributed by atoms with Crippen LogP contribution in [0.3, 0.4) is 0 Å². The van der Waals surface area contributed by atoms with Gasteiger partial charge in [0.25, 0.3) is 0 Å². The molecule has 3 rings (SSSR count). The van der Waals surface area contributed by atoms with Crippen molar-refractivity contribution >= 4 is 29.0 Å². The van der Waals surface area contributed by atoms with Gasteiger partial charge in [0.2, 0.25) is 0 Å². The first kappa shape index (κ1) is 18.4. The fraction of sp³-hybridized carbons (Fsp3) is 0.278. The summed E-state index contributed by atoms with van der Waals surface area (Å²) in [6, 6.07) is 11.6. The summed E-state index contributed by atoms with van der Waals surface area (Å²) in [6.45, 7) is 2.25. The van der Waals surface area contributed by atoms with E-state index in [1.54, 1.807) is 4.90 Å². The molecular weight excluding hydrogens is 367 g/mol. The van der Waals surface area contributed by atoms with Crippen LogP contribution in [0.15, 0.2) is 48.5 Å². The Bertz CT molecular complexity index is 772. The van der Waals surface area contributed by atoms with Crippen LogP contribution in [0.1, 0.15) is 5.56 Å². The van der Waals surface area contributed by atoms with Gasteiger partial charge in [-0.1, -0.05) is 23.7 Å². The van der Waals surface area contributed by atoms with Crippen molar-refractivity contribution in [2.45, 2.75) is 6.18 Å². The van der Waals surface area contributed by atoms with Crippen LogP contribution in [0.4, 0.5) is 29.3 Å². The maximum absolute atomic E-state index is 12.6. The number of hydrogen-bond donors (Lipinski definition) is 1. The Kier molecular flexibility index (Phi) is 5.27. The number of para-hydroxylation sites is 1. The number of urea groups is 1. The van der Waals surface area contributed by atoms with Gasteiger partial charge in [-0.25, -0.2) is 4.79 Å². The predicted molar refractivity (Wildman–Crippen MR) is 95.7 cm³/mol. The van der Waals surface area contributed by atoms with Gasteiger partial charge in [-0.15, -0.1) is 0 Å². The van der Waals surface area contributed by atoms with E-state index in [-0.39, 0.29) is 6.03 Å². The zero-order valence-electron chi connectivity index (χ0n) is 13.8. The fourth-order valence-electron chi connectivity index (χ4n) is 2.80. The highest BCUT2D eigenvalue weighted by atomic mass is 35.5. The lowest BCUT2D eigenvalue weighted by Crippen LogP contribution is -2.50. The van der Waals surface area contributed by atoms with Crippen molar-refractivity contribution in [2.24, 2.45) is 0 Å². The maximum Gasteiger partial charge on any atom is 0.416 e. The molecule has 0 saturated carbocycles. The molecule has 4 nitrogen and oxygen atoms in total. The van der Waals surface area contributed by atoms with E-state index in [4.69, 9.17) is 11.6 Å². The molecular formula is C18H17ClF3N3O. The van der Waals surface area contributed by atoms with Crippen molar-refractivity contribution < 1.29 is 18.0 Å². The molecule has 1 saturated heterocycles. The first-order chi connectivity index (χ1) is 12.3. The van der Waals surface area contributed by atoms with Crippen LogP contribution in [0.25, 0.3) is 0 Å². The van der Waals surface area contributed by atoms with Crippen LogP contribution in [-0.2, 0) is 6.18 Å². The second-order valence-corrected chi connectivity index (χ2v) is 6.34. The third kappa shape index (κ3) is 4.22. The number of alkyl halides is 3. The van der Waals surface area contributed by atoms with Gasteiger partial charge >= 0.3 is 12.2 Å². The SMILES string of the molecule is O=C(Nc1ccc(C(F)(F)F)cc1)N1CCN(c2ccccc2Cl)CC1. The minimum Gasteiger partial charge on any atom is -0.367 e. The molecule has 0 atom stereocenters. The third-order valence-corrected chi connectivity index (χ3v) is 4.54. The normalized spacial score (nSPS) is 15.1. The second kappa shape index (κ2) is 7.45. The molecule has 0 unspecified atom stereocenters. The lowest BCUT2D eigenvalue weighted by Gasteiger charge is -2.36. The first-order valence-corrected chi connectivity index (χ1v) is 8.45. The molecule has 0 aliphatic carbocycles. The molecule has 1 N–H and O–H groups in total. The summed E-state index contributed by atoms with van der Waals surface area (Å²) in [6.07, 6.45) is -4.39. The number of piperazine rings is 1. The number of halogens is 4. The van der Waals surface area contributed by atoms with Gasteiger partial charge in [0.1, 0.15) is 0 Å². The fourth-order valence-corrected chi connectivity index (χ4v) is 3.06. The van der Waals surface area contributed by atoms with Gasteiger partial charge in [0.05, 0.1) is 16.3 Å². The summed E-state index contributed by atoms with van der Waals surface area (Å²) in [7, 11) is 0. The van der Waals surface area contributed by atoms with Gasteiger partial charge in [-0.3, -0.25) is 0 Å². The molecule has 1 aliphatic heterocycles. The standard InChI is InChI=1S/C18H17ClF3N3O/c19-15-3-1-2-4-16(15)24-9-11-25(12-10-24)17(26)23-14-7-5-13(6-8-14)18(20,21)22/h1-8H,9-12H2,(H,23,26). The molecule has 0 spiro atoms. The van der Waals surface area contributed by atoms with E-state index in [1.807, 2.05) is 24.3 Å². The number of nitrogens with zero attached hydrogens (tertiary/aromatic N) is 2. The molecule has 138 valence electrons. The number of hydrogen-bond acceptors (Lipinski definition) is 2. The van der Waals surface area contributed by atoms with Crippen molar-refractivity contribution in [1.29, 1.82) is 0 Å². The monoisotopic (exact) mass is 383 g/mol. The lowest BCUT2D eigenvalue weighted by molar-refractivity contribution is -0.137. The second-order valence-electron chi connectivity index (χ2n) is 5.93. The highest BCUT2D eigenvalue weighted by molar-refractivity contribution is 6.33. The van der Waals surface area contributed by atoms with Gasteiger partial charge in [-0.05, 0) is 36.4 Å². The lowest BCUT2D eigenvalue weighted by atomic mass is 10.2. The number of rotatable bonds is 2. The summed E-state index contributed by atoms with van der Waals surface area (Å²) >= 11 is 6.19. The molecule has 2 amide bonds. The van der Waals surface area contributed by atoms with E-state index in [2.05, 4.69) is 10.2 Å². The first-order valence-electron chi connectivity index (χ1n) is 8.07. The van der Waals surface area contributed by atoms with Gasteiger partial charge < -0.3 is 15.1 Å². The Morgan fingerprint density at radius 1 is 0.962 bits per heavy atom. The van der Waals surface area contributed by atoms with E-state index in [1.165, 1.54) is 12.1 Å². The minimum absolute atomic E-state index is 0.330. The third-order valence-electron chi connectivity index (χ3n) is 4.22. The van der Waals surface area contributed by atoms with Crippen LogP contribution in [0.5, 0.6) is 0 Å². The van der Waals surface area contributed by atoms with Crippen LogP contribution < -0.4 is 10.2 Å². The van der Waals surface area contributed by atoms with Gasteiger partial charge in [0.15, 0.2) is 0 Å². The molecule has 2 aromatic carbocycles. The average molecular weight is 384 g/mol. The molecule has 1 fully saturated rings. The summed E-state index contributed by atoms with van der Waals surface area (Å²) in [5.74, 6) is 0. The van der Waals surface area contributed by atoms with Crippen LogP contribution >= 0.6 is 11.6 Å². The van der Waals surface area contributed by atoms with E-state index in [0.29, 0.717) is 36.9 Å². The van der Waals surface area contributed by atoms with Gasteiger partial charge in [0, 0.05) is 31.9 Å². The number of amides is 2. The summed E-state index contributed by atoms with van der Waals surface area (Å²) in [5, 5.41) is 3.29. The van der Waals surface area contributed by atoms with Crippen molar-refractivity contribution in [3.05, 3.63) is 59.1 Å². The predicted octanol–water partition coefficient (Wildman–Crippen LogP) is 4.71. The van der Waals surface area contributed by atoms with Crippen LogP contribution in [0, 0.1) is 0 Å². The minimum atomic E-state index is -4.39. The van der Waals surface area contributed by atoms with Crippen LogP contribution in [-0.4, -0.2) is 37.1 Å². The summed E-state index contributed by atoms with van der Waals surface area (Å²) in [4.78, 5) is 16.0. The number of anilines is 2. The largest absolute Gasteiger partial charge is 0.416 e. The molecule has 1 aliphatic rings. The molecule has 1 heterocycles. The number of carbonyl (C=O) groups is 1. The van der Waals surface area contributed by atoms with Crippen molar-refractivity contribution in [3.8, 4) is 0 Å². The van der Waals surface area contributed by atoms with Crippen molar-refractivity contribution in [2.75, 3.05) is 36.4 Å². The Balaban J connectivity index is 1.56. The zero-order valence-corrected chi connectivity index (χ0v) is 14.5. The van der Waals surface area contributed by atoms with Crippen molar-refractivity contribution in [3.63, 3.8) is 0 Å². The maximum atomic E-state index is 12.6. The van der Waals surface area contributed by atoms with Crippen LogP contribution in [0.2, 0.25) is 5.02 Å². The molecule has 0 bridgehead atoms. The smallest absolute Gasteiger partial charge is 0.367 e. The Labute approximate surface area is 154 Å². The highest BCUT2D eigenvalue weighted by Gasteiger charge is 2.30. The van der Waals surface area contributed by atoms with E-state index in [0.717, 1.165) is 17.8 Å². The van der Waals surface area contributed by atoms with Gasteiger partial charge in [-0.2, -0.15) is 13.2 Å². The number of carbonyl (C=O) groups excluding carboxylic acids is 1. The number of benzene rings is 2.